The van der Waals surface area contributed by atoms with Crippen molar-refractivity contribution in [2.45, 2.75) is 11.4 Å². The molecule has 0 fully saturated rings. The Bertz CT molecular complexity index is 753. The van der Waals surface area contributed by atoms with Crippen LogP contribution in [0.1, 0.15) is 16.1 Å². The van der Waals surface area contributed by atoms with Crippen LogP contribution < -0.4 is 10.0 Å². The molecule has 0 spiro atoms. The number of anilines is 1. The third-order valence-corrected chi connectivity index (χ3v) is 3.82. The molecule has 0 aliphatic heterocycles. The Balaban J connectivity index is 2.41. The molecule has 0 unspecified atom stereocenters. The molecule has 3 N–H and O–H groups in total. The number of hydrogen-bond acceptors (Lipinski definition) is 5. The first-order valence-corrected chi connectivity index (χ1v) is 7.47. The van der Waals surface area contributed by atoms with E-state index in [9.17, 15) is 18.3 Å². The van der Waals surface area contributed by atoms with Gasteiger partial charge in [-0.2, -0.15) is 0 Å². The molecule has 0 bridgehead atoms. The second kappa shape index (κ2) is 5.58. The Hall–Kier alpha value is -2.32. The predicted octanol–water partition coefficient (Wildman–Crippen LogP) is 1.26. The molecule has 0 amide bonds. The number of carboxylic acid groups (broad SMARTS) is 1. The number of hydrogen-bond donors (Lipinski definition) is 2. The highest BCUT2D eigenvalue weighted by atomic mass is 32.2. The monoisotopic (exact) mass is 310 g/mol. The first-order valence-electron chi connectivity index (χ1n) is 5.92. The Morgan fingerprint density at radius 2 is 2.10 bits per heavy atom. The lowest BCUT2D eigenvalue weighted by Crippen LogP contribution is -2.20. The molecule has 1 heterocycles. The number of furan rings is 1. The first-order chi connectivity index (χ1) is 9.79. The van der Waals surface area contributed by atoms with E-state index in [-0.39, 0.29) is 10.5 Å². The molecule has 21 heavy (non-hydrogen) atoms. The topological polar surface area (TPSA) is 114 Å². The first kappa shape index (κ1) is 15.1. The summed E-state index contributed by atoms with van der Waals surface area (Å²) in [5, 5.41) is 14.3. The van der Waals surface area contributed by atoms with Crippen molar-refractivity contribution in [2.75, 3.05) is 11.9 Å². The van der Waals surface area contributed by atoms with Crippen molar-refractivity contribution in [1.82, 2.24) is 0 Å². The van der Waals surface area contributed by atoms with Gasteiger partial charge in [0, 0.05) is 7.05 Å². The molecule has 1 aromatic heterocycles. The van der Waals surface area contributed by atoms with Crippen LogP contribution in [-0.4, -0.2) is 26.5 Å². The van der Waals surface area contributed by atoms with Gasteiger partial charge < -0.3 is 14.4 Å². The smallest absolute Gasteiger partial charge is 0.337 e. The van der Waals surface area contributed by atoms with Gasteiger partial charge in [0.2, 0.25) is 10.0 Å². The molecule has 0 aliphatic rings. The largest absolute Gasteiger partial charge is 0.478 e. The minimum absolute atomic E-state index is 0.143. The number of sulfonamides is 1. The lowest BCUT2D eigenvalue weighted by molar-refractivity contribution is 0.0697. The van der Waals surface area contributed by atoms with E-state index in [4.69, 9.17) is 9.56 Å². The van der Waals surface area contributed by atoms with Gasteiger partial charge >= 0.3 is 5.97 Å². The van der Waals surface area contributed by atoms with E-state index >= 15 is 0 Å². The zero-order chi connectivity index (χ0) is 15.6. The molecular weight excluding hydrogens is 296 g/mol. The van der Waals surface area contributed by atoms with Crippen LogP contribution in [0.25, 0.3) is 0 Å². The minimum atomic E-state index is -3.95. The lowest BCUT2D eigenvalue weighted by atomic mass is 10.1. The van der Waals surface area contributed by atoms with Crippen molar-refractivity contribution < 1.29 is 22.7 Å². The van der Waals surface area contributed by atoms with Crippen LogP contribution in [0.15, 0.2) is 45.9 Å². The molecule has 0 saturated heterocycles. The highest BCUT2D eigenvalue weighted by molar-refractivity contribution is 7.89. The normalized spacial score (nSPS) is 11.3. The molecule has 2 aromatic rings. The van der Waals surface area contributed by atoms with Crippen LogP contribution in [-0.2, 0) is 16.6 Å². The van der Waals surface area contributed by atoms with Crippen molar-refractivity contribution in [3.05, 3.63) is 47.9 Å². The van der Waals surface area contributed by atoms with Crippen LogP contribution in [0.4, 0.5) is 5.69 Å². The fraction of sp³-hybridized carbons (Fsp3) is 0.154. The van der Waals surface area contributed by atoms with Crippen LogP contribution in [0.3, 0.4) is 0 Å². The van der Waals surface area contributed by atoms with E-state index in [1.165, 1.54) is 18.4 Å². The molecule has 0 atom stereocenters. The van der Waals surface area contributed by atoms with Crippen LogP contribution in [0.5, 0.6) is 0 Å². The average molecular weight is 310 g/mol. The standard InChI is InChI=1S/C13H14N2O5S/c1-15(8-9-3-2-6-20-9)12-5-4-10(21(14,18)19)7-11(12)13(16)17/h2-7H,8H2,1H3,(H,16,17)(H2,14,18,19). The summed E-state index contributed by atoms with van der Waals surface area (Å²) in [6.45, 7) is 0.349. The van der Waals surface area contributed by atoms with Gasteiger partial charge in [0.1, 0.15) is 5.76 Å². The van der Waals surface area contributed by atoms with Crippen LogP contribution in [0.2, 0.25) is 0 Å². The van der Waals surface area contributed by atoms with Crippen LogP contribution in [0, 0.1) is 0 Å². The summed E-state index contributed by atoms with van der Waals surface area (Å²) in [6, 6.07) is 7.22. The SMILES string of the molecule is CN(Cc1ccco1)c1ccc(S(N)(=O)=O)cc1C(=O)O. The molecule has 8 heteroatoms. The van der Waals surface area contributed by atoms with Crippen molar-refractivity contribution in [3.63, 3.8) is 0 Å². The Kier molecular flexibility index (Phi) is 4.01. The molecule has 1 aromatic carbocycles. The summed E-state index contributed by atoms with van der Waals surface area (Å²) >= 11 is 0. The molecule has 2 rings (SSSR count). The molecule has 0 radical (unpaired) electrons. The molecule has 7 nitrogen and oxygen atoms in total. The average Bonchev–Trinajstić information content (AvgIpc) is 2.89. The fourth-order valence-corrected chi connectivity index (χ4v) is 2.46. The van der Waals surface area contributed by atoms with Crippen molar-refractivity contribution in [1.29, 1.82) is 0 Å². The number of aromatic carboxylic acids is 1. The Morgan fingerprint density at radius 3 is 2.62 bits per heavy atom. The number of nitrogens with two attached hydrogens (primary N) is 1. The number of benzene rings is 1. The van der Waals surface area contributed by atoms with Gasteiger partial charge in [0.15, 0.2) is 0 Å². The second-order valence-electron chi connectivity index (χ2n) is 4.46. The Morgan fingerprint density at radius 1 is 1.38 bits per heavy atom. The van der Waals surface area contributed by atoms with Crippen molar-refractivity contribution >= 4 is 21.7 Å². The quantitative estimate of drug-likeness (QED) is 0.859. The maximum absolute atomic E-state index is 11.3. The van der Waals surface area contributed by atoms with Crippen molar-refractivity contribution in [3.8, 4) is 0 Å². The fourth-order valence-electron chi connectivity index (χ4n) is 1.92. The highest BCUT2D eigenvalue weighted by Gasteiger charge is 2.18. The van der Waals surface area contributed by atoms with Gasteiger partial charge in [-0.05, 0) is 30.3 Å². The van der Waals surface area contributed by atoms with Crippen LogP contribution >= 0.6 is 0 Å². The van der Waals surface area contributed by atoms with Gasteiger partial charge in [0.05, 0.1) is 29.0 Å². The number of rotatable bonds is 5. The van der Waals surface area contributed by atoms with E-state index in [2.05, 4.69) is 0 Å². The molecule has 112 valence electrons. The summed E-state index contributed by atoms with van der Waals surface area (Å²) in [4.78, 5) is 12.7. The van der Waals surface area contributed by atoms with E-state index in [1.807, 2.05) is 0 Å². The van der Waals surface area contributed by atoms with Gasteiger partial charge in [-0.25, -0.2) is 18.4 Å². The zero-order valence-corrected chi connectivity index (χ0v) is 12.0. The van der Waals surface area contributed by atoms with Gasteiger partial charge in [-0.15, -0.1) is 0 Å². The third-order valence-electron chi connectivity index (χ3n) is 2.91. The van der Waals surface area contributed by atoms with E-state index in [0.717, 1.165) is 6.07 Å². The molecule has 0 aliphatic carbocycles. The second-order valence-corrected chi connectivity index (χ2v) is 6.03. The van der Waals surface area contributed by atoms with E-state index in [0.29, 0.717) is 18.0 Å². The Labute approximate surface area is 121 Å². The summed E-state index contributed by atoms with van der Waals surface area (Å²) < 4.78 is 27.8. The van der Waals surface area contributed by atoms with Crippen molar-refractivity contribution in [2.24, 2.45) is 5.14 Å². The number of nitrogens with zero attached hydrogens (tertiary/aromatic N) is 1. The predicted molar refractivity (Wildman–Crippen MR) is 75.6 cm³/mol. The minimum Gasteiger partial charge on any atom is -0.478 e. The van der Waals surface area contributed by atoms with Gasteiger partial charge in [0.25, 0.3) is 0 Å². The summed E-state index contributed by atoms with van der Waals surface area (Å²) in [5.74, 6) is -0.578. The summed E-state index contributed by atoms with van der Waals surface area (Å²) in [6.07, 6.45) is 1.52. The maximum Gasteiger partial charge on any atom is 0.337 e. The van der Waals surface area contributed by atoms with Gasteiger partial charge in [-0.1, -0.05) is 0 Å². The molecule has 0 saturated carbocycles. The highest BCUT2D eigenvalue weighted by Crippen LogP contribution is 2.24. The summed E-state index contributed by atoms with van der Waals surface area (Å²) in [7, 11) is -2.27. The molecular formula is C13H14N2O5S. The maximum atomic E-state index is 11.3. The zero-order valence-electron chi connectivity index (χ0n) is 11.2. The third kappa shape index (κ3) is 3.41. The van der Waals surface area contributed by atoms with Gasteiger partial charge in [-0.3, -0.25) is 0 Å². The summed E-state index contributed by atoms with van der Waals surface area (Å²) in [5.41, 5.74) is 0.224. The number of primary sulfonamides is 1. The lowest BCUT2D eigenvalue weighted by Gasteiger charge is -2.20. The number of carboxylic acids is 1. The number of carbonyl (C=O) groups is 1. The van der Waals surface area contributed by atoms with E-state index < -0.39 is 16.0 Å². The van der Waals surface area contributed by atoms with E-state index in [1.54, 1.807) is 24.1 Å².